The summed E-state index contributed by atoms with van der Waals surface area (Å²) >= 11 is 0. The van der Waals surface area contributed by atoms with Crippen molar-refractivity contribution < 1.29 is 14.6 Å². The fourth-order valence-electron chi connectivity index (χ4n) is 3.04. The molecule has 0 atom stereocenters. The van der Waals surface area contributed by atoms with Crippen molar-refractivity contribution in [1.82, 2.24) is 4.90 Å². The molecule has 0 radical (unpaired) electrons. The van der Waals surface area contributed by atoms with E-state index in [1.54, 1.807) is 31.4 Å². The Labute approximate surface area is 141 Å². The first-order chi connectivity index (χ1) is 11.7. The Morgan fingerprint density at radius 3 is 2.29 bits per heavy atom. The second-order valence-corrected chi connectivity index (χ2v) is 6.01. The quantitative estimate of drug-likeness (QED) is 0.843. The number of phenolic OH excluding ortho intramolecular Hbond substituents is 1. The zero-order valence-corrected chi connectivity index (χ0v) is 13.7. The number of piperidine rings is 1. The molecule has 24 heavy (non-hydrogen) atoms. The van der Waals surface area contributed by atoms with Crippen LogP contribution in [0.15, 0.2) is 48.5 Å². The minimum atomic E-state index is -0.0890. The van der Waals surface area contributed by atoms with E-state index in [1.807, 2.05) is 17.0 Å². The lowest BCUT2D eigenvalue weighted by atomic mass is 9.89. The van der Waals surface area contributed by atoms with Crippen molar-refractivity contribution >= 4 is 11.7 Å². The van der Waals surface area contributed by atoms with Crippen LogP contribution >= 0.6 is 0 Å². The first-order valence-electron chi connectivity index (χ1n) is 8.14. The van der Waals surface area contributed by atoms with Gasteiger partial charge in [-0.3, -0.25) is 0 Å². The van der Waals surface area contributed by atoms with Crippen molar-refractivity contribution in [3.05, 3.63) is 54.1 Å². The number of likely N-dealkylation sites (tertiary alicyclic amines) is 1. The van der Waals surface area contributed by atoms with Crippen LogP contribution in [0.4, 0.5) is 10.5 Å². The molecule has 5 nitrogen and oxygen atoms in total. The SMILES string of the molecule is COc1ccc(C2CCN(C(=O)Nc3ccc(O)cc3)CC2)cc1. The van der Waals surface area contributed by atoms with Crippen LogP contribution in [0.25, 0.3) is 0 Å². The number of aromatic hydroxyl groups is 1. The summed E-state index contributed by atoms with van der Waals surface area (Å²) in [6, 6.07) is 14.6. The van der Waals surface area contributed by atoms with Crippen LogP contribution in [0.1, 0.15) is 24.3 Å². The van der Waals surface area contributed by atoms with E-state index in [0.717, 1.165) is 31.7 Å². The van der Waals surface area contributed by atoms with E-state index in [4.69, 9.17) is 4.74 Å². The molecule has 2 aromatic carbocycles. The number of hydrogen-bond acceptors (Lipinski definition) is 3. The summed E-state index contributed by atoms with van der Waals surface area (Å²) in [5.74, 6) is 1.53. The lowest BCUT2D eigenvalue weighted by Crippen LogP contribution is -2.40. The topological polar surface area (TPSA) is 61.8 Å². The predicted octanol–water partition coefficient (Wildman–Crippen LogP) is 3.81. The van der Waals surface area contributed by atoms with E-state index in [1.165, 1.54) is 5.56 Å². The lowest BCUT2D eigenvalue weighted by molar-refractivity contribution is 0.194. The van der Waals surface area contributed by atoms with Crippen molar-refractivity contribution in [1.29, 1.82) is 0 Å². The Hall–Kier alpha value is -2.69. The zero-order valence-electron chi connectivity index (χ0n) is 13.7. The summed E-state index contributed by atoms with van der Waals surface area (Å²) in [6.45, 7) is 1.47. The maximum atomic E-state index is 12.3. The highest BCUT2D eigenvalue weighted by Crippen LogP contribution is 2.29. The number of anilines is 1. The van der Waals surface area contributed by atoms with Crippen LogP contribution in [0.2, 0.25) is 0 Å². The zero-order chi connectivity index (χ0) is 16.9. The Bertz CT molecular complexity index is 675. The molecule has 1 heterocycles. The number of amides is 2. The number of nitrogens with one attached hydrogen (secondary N) is 1. The Balaban J connectivity index is 1.54. The second kappa shape index (κ2) is 7.25. The van der Waals surface area contributed by atoms with E-state index in [2.05, 4.69) is 17.4 Å². The van der Waals surface area contributed by atoms with Gasteiger partial charge in [0, 0.05) is 18.8 Å². The second-order valence-electron chi connectivity index (χ2n) is 6.01. The Morgan fingerprint density at radius 1 is 1.08 bits per heavy atom. The van der Waals surface area contributed by atoms with E-state index in [0.29, 0.717) is 11.6 Å². The van der Waals surface area contributed by atoms with Gasteiger partial charge in [-0.05, 0) is 60.7 Å². The number of methoxy groups -OCH3 is 1. The summed E-state index contributed by atoms with van der Waals surface area (Å²) < 4.78 is 5.19. The molecule has 2 aromatic rings. The number of benzene rings is 2. The molecule has 0 bridgehead atoms. The van der Waals surface area contributed by atoms with Gasteiger partial charge in [-0.2, -0.15) is 0 Å². The van der Waals surface area contributed by atoms with Crippen molar-refractivity contribution in [3.8, 4) is 11.5 Å². The third-order valence-electron chi connectivity index (χ3n) is 4.49. The normalized spacial score (nSPS) is 15.1. The van der Waals surface area contributed by atoms with Crippen LogP contribution in [0.5, 0.6) is 11.5 Å². The van der Waals surface area contributed by atoms with E-state index < -0.39 is 0 Å². The molecule has 1 aliphatic rings. The molecular weight excluding hydrogens is 304 g/mol. The molecule has 126 valence electrons. The number of ether oxygens (including phenoxy) is 1. The third-order valence-corrected chi connectivity index (χ3v) is 4.49. The first kappa shape index (κ1) is 16.2. The molecule has 0 aliphatic carbocycles. The Morgan fingerprint density at radius 2 is 1.71 bits per heavy atom. The van der Waals surface area contributed by atoms with Crippen LogP contribution < -0.4 is 10.1 Å². The fourth-order valence-corrected chi connectivity index (χ4v) is 3.04. The van der Waals surface area contributed by atoms with Crippen LogP contribution in [0.3, 0.4) is 0 Å². The molecule has 5 heteroatoms. The van der Waals surface area contributed by atoms with E-state index >= 15 is 0 Å². The van der Waals surface area contributed by atoms with Gasteiger partial charge in [0.25, 0.3) is 0 Å². The van der Waals surface area contributed by atoms with E-state index in [9.17, 15) is 9.90 Å². The van der Waals surface area contributed by atoms with Gasteiger partial charge in [0.05, 0.1) is 7.11 Å². The van der Waals surface area contributed by atoms with Gasteiger partial charge in [-0.1, -0.05) is 12.1 Å². The van der Waals surface area contributed by atoms with Gasteiger partial charge >= 0.3 is 6.03 Å². The van der Waals surface area contributed by atoms with Crippen molar-refractivity contribution in [2.45, 2.75) is 18.8 Å². The van der Waals surface area contributed by atoms with Crippen LogP contribution in [-0.4, -0.2) is 36.2 Å². The molecule has 1 fully saturated rings. The first-order valence-corrected chi connectivity index (χ1v) is 8.14. The smallest absolute Gasteiger partial charge is 0.321 e. The summed E-state index contributed by atoms with van der Waals surface area (Å²) in [5, 5.41) is 12.1. The van der Waals surface area contributed by atoms with E-state index in [-0.39, 0.29) is 11.8 Å². The Kier molecular flexibility index (Phi) is 4.89. The fraction of sp³-hybridized carbons (Fsp3) is 0.316. The molecule has 0 aromatic heterocycles. The molecule has 2 N–H and O–H groups in total. The number of hydrogen-bond donors (Lipinski definition) is 2. The largest absolute Gasteiger partial charge is 0.508 e. The monoisotopic (exact) mass is 326 g/mol. The molecule has 3 rings (SSSR count). The van der Waals surface area contributed by atoms with Gasteiger partial charge in [0.15, 0.2) is 0 Å². The third kappa shape index (κ3) is 3.79. The lowest BCUT2D eigenvalue weighted by Gasteiger charge is -2.32. The highest BCUT2D eigenvalue weighted by molar-refractivity contribution is 5.89. The van der Waals surface area contributed by atoms with Crippen LogP contribution in [0, 0.1) is 0 Å². The number of carbonyl (C=O) groups excluding carboxylic acids is 1. The van der Waals surface area contributed by atoms with Gasteiger partial charge < -0.3 is 20.1 Å². The van der Waals surface area contributed by atoms with Crippen LogP contribution in [-0.2, 0) is 0 Å². The number of urea groups is 1. The van der Waals surface area contributed by atoms with Gasteiger partial charge in [0.1, 0.15) is 11.5 Å². The summed E-state index contributed by atoms with van der Waals surface area (Å²) in [6.07, 6.45) is 1.91. The van der Waals surface area contributed by atoms with Crippen molar-refractivity contribution in [2.24, 2.45) is 0 Å². The minimum absolute atomic E-state index is 0.0890. The molecule has 0 unspecified atom stereocenters. The summed E-state index contributed by atoms with van der Waals surface area (Å²) in [5.41, 5.74) is 1.99. The average molecular weight is 326 g/mol. The molecular formula is C19H22N2O3. The maximum absolute atomic E-state index is 12.3. The van der Waals surface area contributed by atoms with Crippen molar-refractivity contribution in [2.75, 3.05) is 25.5 Å². The van der Waals surface area contributed by atoms with Gasteiger partial charge in [0.2, 0.25) is 0 Å². The minimum Gasteiger partial charge on any atom is -0.508 e. The summed E-state index contributed by atoms with van der Waals surface area (Å²) in [4.78, 5) is 14.2. The average Bonchev–Trinajstić information content (AvgIpc) is 2.64. The predicted molar refractivity (Wildman–Crippen MR) is 93.7 cm³/mol. The molecule has 1 aliphatic heterocycles. The maximum Gasteiger partial charge on any atom is 0.321 e. The number of carbonyl (C=O) groups is 1. The standard InChI is InChI=1S/C19H22N2O3/c1-24-18-8-2-14(3-9-18)15-10-12-21(13-11-15)19(23)20-16-4-6-17(22)7-5-16/h2-9,15,22H,10-13H2,1H3,(H,20,23). The highest BCUT2D eigenvalue weighted by atomic mass is 16.5. The summed E-state index contributed by atoms with van der Waals surface area (Å²) in [7, 11) is 1.67. The highest BCUT2D eigenvalue weighted by Gasteiger charge is 2.23. The number of phenols is 1. The van der Waals surface area contributed by atoms with Gasteiger partial charge in [-0.25, -0.2) is 4.79 Å². The number of rotatable bonds is 3. The molecule has 1 saturated heterocycles. The molecule has 0 saturated carbocycles. The molecule has 2 amide bonds. The van der Waals surface area contributed by atoms with Gasteiger partial charge in [-0.15, -0.1) is 0 Å². The number of nitrogens with zero attached hydrogens (tertiary/aromatic N) is 1. The van der Waals surface area contributed by atoms with Crippen molar-refractivity contribution in [3.63, 3.8) is 0 Å². The molecule has 0 spiro atoms.